The molecule has 3 aromatic carbocycles. The number of anilines is 3. The first-order chi connectivity index (χ1) is 17.6. The van der Waals surface area contributed by atoms with E-state index in [2.05, 4.69) is 114 Å². The molecule has 0 unspecified atom stereocenters. The summed E-state index contributed by atoms with van der Waals surface area (Å²) < 4.78 is 0. The number of aliphatic imine (C=N–C) groups is 1. The van der Waals surface area contributed by atoms with Gasteiger partial charge in [0.05, 0.1) is 12.4 Å². The van der Waals surface area contributed by atoms with Crippen LogP contribution in [0.1, 0.15) is 37.0 Å². The molecule has 0 aliphatic heterocycles. The van der Waals surface area contributed by atoms with Crippen molar-refractivity contribution in [3.8, 4) is 0 Å². The van der Waals surface area contributed by atoms with Gasteiger partial charge >= 0.3 is 0 Å². The van der Waals surface area contributed by atoms with Gasteiger partial charge < -0.3 is 16.0 Å². The monoisotopic (exact) mass is 476 g/mol. The summed E-state index contributed by atoms with van der Waals surface area (Å²) in [6.45, 7) is 9.67. The first-order valence-corrected chi connectivity index (χ1v) is 12.7. The summed E-state index contributed by atoms with van der Waals surface area (Å²) in [5.74, 6) is 0. The Bertz CT molecular complexity index is 1250. The predicted octanol–water partition coefficient (Wildman–Crippen LogP) is 7.59. The summed E-state index contributed by atoms with van der Waals surface area (Å²) in [6.07, 6.45) is 9.20. The highest BCUT2D eigenvalue weighted by atomic mass is 15.1. The van der Waals surface area contributed by atoms with E-state index >= 15 is 0 Å². The molecule has 0 radical (unpaired) electrons. The number of hydrogen-bond acceptors (Lipinski definition) is 4. The summed E-state index contributed by atoms with van der Waals surface area (Å²) in [4.78, 5) is 4.66. The van der Waals surface area contributed by atoms with Gasteiger partial charge in [0, 0.05) is 17.1 Å². The third kappa shape index (κ3) is 6.98. The van der Waals surface area contributed by atoms with E-state index in [9.17, 15) is 0 Å². The molecular formula is C32H36N4. The van der Waals surface area contributed by atoms with Crippen LogP contribution in [0.5, 0.6) is 0 Å². The SMILES string of the molecule is C=C1C=C(CC)C=C/C1=N/CNc1ccc(Cc2cc(CC)ccc2NCNc2ccccc2)cc1. The lowest BCUT2D eigenvalue weighted by atomic mass is 9.99. The van der Waals surface area contributed by atoms with Crippen LogP contribution in [0.25, 0.3) is 0 Å². The van der Waals surface area contributed by atoms with Gasteiger partial charge in [-0.05, 0) is 83.5 Å². The van der Waals surface area contributed by atoms with Crippen molar-refractivity contribution in [3.63, 3.8) is 0 Å². The van der Waals surface area contributed by atoms with Gasteiger partial charge in [-0.25, -0.2) is 0 Å². The molecule has 0 saturated carbocycles. The Hall–Kier alpha value is -4.05. The molecule has 1 aliphatic carbocycles. The minimum atomic E-state index is 0.522. The standard InChI is InChI=1S/C32H36N4/c1-4-25-13-17-31(24(3)19-25)35-22-34-30-15-11-27(12-16-30)21-28-20-26(5-2)14-18-32(28)36-23-33-29-9-7-6-8-10-29/h6-20,33-34,36H,3-5,21-23H2,1-2H3/b35-31-. The number of allylic oxidation sites excluding steroid dienone is 5. The number of hydrogen-bond donors (Lipinski definition) is 3. The van der Waals surface area contributed by atoms with Crippen LogP contribution in [0.3, 0.4) is 0 Å². The van der Waals surface area contributed by atoms with Crippen molar-refractivity contribution in [3.05, 3.63) is 125 Å². The van der Waals surface area contributed by atoms with Gasteiger partial charge in [0.2, 0.25) is 0 Å². The number of benzene rings is 3. The van der Waals surface area contributed by atoms with Crippen LogP contribution in [0.4, 0.5) is 17.1 Å². The maximum Gasteiger partial charge on any atom is 0.108 e. The Morgan fingerprint density at radius 2 is 1.50 bits per heavy atom. The molecule has 0 saturated heterocycles. The van der Waals surface area contributed by atoms with E-state index in [4.69, 9.17) is 0 Å². The van der Waals surface area contributed by atoms with Crippen molar-refractivity contribution in [2.24, 2.45) is 4.99 Å². The smallest absolute Gasteiger partial charge is 0.108 e. The lowest BCUT2D eigenvalue weighted by molar-refractivity contribution is 1.09. The van der Waals surface area contributed by atoms with Crippen LogP contribution < -0.4 is 16.0 Å². The fourth-order valence-corrected chi connectivity index (χ4v) is 4.17. The fraction of sp³-hybridized carbons (Fsp3) is 0.219. The van der Waals surface area contributed by atoms with Crippen molar-refractivity contribution >= 4 is 22.8 Å². The first-order valence-electron chi connectivity index (χ1n) is 12.7. The van der Waals surface area contributed by atoms with Gasteiger partial charge in [0.25, 0.3) is 0 Å². The number of nitrogens with zero attached hydrogens (tertiary/aromatic N) is 1. The number of nitrogens with one attached hydrogen (secondary N) is 3. The molecule has 36 heavy (non-hydrogen) atoms. The van der Waals surface area contributed by atoms with E-state index in [1.165, 1.54) is 22.3 Å². The van der Waals surface area contributed by atoms with E-state index in [-0.39, 0.29) is 0 Å². The molecule has 0 atom stereocenters. The number of para-hydroxylation sites is 1. The average Bonchev–Trinajstić information content (AvgIpc) is 2.92. The molecule has 1 aliphatic rings. The zero-order valence-corrected chi connectivity index (χ0v) is 21.4. The maximum absolute atomic E-state index is 4.66. The van der Waals surface area contributed by atoms with E-state index in [0.29, 0.717) is 13.3 Å². The van der Waals surface area contributed by atoms with Crippen LogP contribution >= 0.6 is 0 Å². The van der Waals surface area contributed by atoms with Gasteiger partial charge in [-0.1, -0.05) is 75.0 Å². The average molecular weight is 477 g/mol. The second kappa shape index (κ2) is 12.6. The second-order valence-electron chi connectivity index (χ2n) is 8.92. The molecule has 3 aromatic rings. The van der Waals surface area contributed by atoms with Gasteiger partial charge in [-0.15, -0.1) is 0 Å². The van der Waals surface area contributed by atoms with E-state index in [1.54, 1.807) is 0 Å². The van der Waals surface area contributed by atoms with Crippen molar-refractivity contribution in [2.75, 3.05) is 29.3 Å². The van der Waals surface area contributed by atoms with Crippen LogP contribution in [0, 0.1) is 0 Å². The molecule has 0 fully saturated rings. The van der Waals surface area contributed by atoms with Gasteiger partial charge in [0.1, 0.15) is 6.67 Å². The Labute approximate surface area is 215 Å². The zero-order chi connectivity index (χ0) is 25.2. The Kier molecular flexibility index (Phi) is 8.77. The molecule has 0 bridgehead atoms. The normalized spacial score (nSPS) is 14.0. The second-order valence-corrected chi connectivity index (χ2v) is 8.92. The van der Waals surface area contributed by atoms with E-state index in [1.807, 2.05) is 18.2 Å². The topological polar surface area (TPSA) is 48.5 Å². The summed E-state index contributed by atoms with van der Waals surface area (Å²) in [7, 11) is 0. The molecule has 184 valence electrons. The minimum absolute atomic E-state index is 0.522. The van der Waals surface area contributed by atoms with Crippen LogP contribution in [-0.4, -0.2) is 19.0 Å². The summed E-state index contributed by atoms with van der Waals surface area (Å²) in [5.41, 5.74) is 10.5. The van der Waals surface area contributed by atoms with E-state index < -0.39 is 0 Å². The molecule has 0 aromatic heterocycles. The van der Waals surface area contributed by atoms with E-state index in [0.717, 1.165) is 47.6 Å². The highest BCUT2D eigenvalue weighted by molar-refractivity contribution is 6.11. The highest BCUT2D eigenvalue weighted by Crippen LogP contribution is 2.23. The van der Waals surface area contributed by atoms with Gasteiger partial charge in [-0.3, -0.25) is 4.99 Å². The lowest BCUT2D eigenvalue weighted by Gasteiger charge is -2.15. The Morgan fingerprint density at radius 3 is 2.22 bits per heavy atom. The quantitative estimate of drug-likeness (QED) is 0.250. The van der Waals surface area contributed by atoms with Crippen LogP contribution in [-0.2, 0) is 12.8 Å². The summed E-state index contributed by atoms with van der Waals surface area (Å²) in [6, 6.07) is 25.6. The van der Waals surface area contributed by atoms with Crippen molar-refractivity contribution in [1.82, 2.24) is 0 Å². The maximum atomic E-state index is 4.66. The fourth-order valence-electron chi connectivity index (χ4n) is 4.17. The first kappa shape index (κ1) is 25.1. The minimum Gasteiger partial charge on any atom is -0.368 e. The molecular weight excluding hydrogens is 440 g/mol. The summed E-state index contributed by atoms with van der Waals surface area (Å²) >= 11 is 0. The molecule has 0 spiro atoms. The zero-order valence-electron chi connectivity index (χ0n) is 21.4. The molecule has 0 amide bonds. The molecule has 0 heterocycles. The van der Waals surface area contributed by atoms with Gasteiger partial charge in [0.15, 0.2) is 0 Å². The Morgan fingerprint density at radius 1 is 0.750 bits per heavy atom. The van der Waals surface area contributed by atoms with Crippen molar-refractivity contribution in [1.29, 1.82) is 0 Å². The van der Waals surface area contributed by atoms with Crippen LogP contribution in [0.15, 0.2) is 114 Å². The van der Waals surface area contributed by atoms with Crippen LogP contribution in [0.2, 0.25) is 0 Å². The molecule has 4 nitrogen and oxygen atoms in total. The molecule has 4 rings (SSSR count). The van der Waals surface area contributed by atoms with Crippen molar-refractivity contribution < 1.29 is 0 Å². The molecule has 3 N–H and O–H groups in total. The number of aryl methyl sites for hydroxylation is 1. The highest BCUT2D eigenvalue weighted by Gasteiger charge is 2.07. The van der Waals surface area contributed by atoms with Crippen molar-refractivity contribution in [2.45, 2.75) is 33.1 Å². The third-order valence-corrected chi connectivity index (χ3v) is 6.36. The largest absolute Gasteiger partial charge is 0.368 e. The lowest BCUT2D eigenvalue weighted by Crippen LogP contribution is -2.13. The Balaban J connectivity index is 1.35. The van der Waals surface area contributed by atoms with Gasteiger partial charge in [-0.2, -0.15) is 0 Å². The molecule has 4 heteroatoms. The summed E-state index contributed by atoms with van der Waals surface area (Å²) in [5, 5.41) is 10.4. The third-order valence-electron chi connectivity index (χ3n) is 6.36. The number of rotatable bonds is 11. The predicted molar refractivity (Wildman–Crippen MR) is 156 cm³/mol.